The summed E-state index contributed by atoms with van der Waals surface area (Å²) in [5.41, 5.74) is 1.22. The first-order valence-electron chi connectivity index (χ1n) is 4.27. The van der Waals surface area contributed by atoms with Gasteiger partial charge in [0.2, 0.25) is 0 Å². The number of nitrogens with zero attached hydrogens (tertiary/aromatic N) is 1. The van der Waals surface area contributed by atoms with E-state index in [-0.39, 0.29) is 0 Å². The molecular weight excluding hydrogens is 182 g/mol. The lowest BCUT2D eigenvalue weighted by Crippen LogP contribution is -1.97. The Bertz CT molecular complexity index is 286. The number of thioether (sulfide) groups is 1. The Morgan fingerprint density at radius 2 is 2.15 bits per heavy atom. The number of ether oxygens (including phenoxy) is 1. The van der Waals surface area contributed by atoms with E-state index in [4.69, 9.17) is 4.74 Å². The smallest absolute Gasteiger partial charge is 0.154 e. The van der Waals surface area contributed by atoms with Gasteiger partial charge in [-0.1, -0.05) is 13.8 Å². The fourth-order valence-electron chi connectivity index (χ4n) is 1.25. The van der Waals surface area contributed by atoms with Gasteiger partial charge in [-0.25, -0.2) is 4.98 Å². The number of pyridine rings is 1. The topological polar surface area (TPSA) is 22.1 Å². The van der Waals surface area contributed by atoms with E-state index in [1.54, 1.807) is 18.9 Å². The van der Waals surface area contributed by atoms with E-state index in [1.165, 1.54) is 5.56 Å². The Hall–Kier alpha value is -0.700. The maximum Gasteiger partial charge on any atom is 0.154 e. The molecule has 0 saturated carbocycles. The van der Waals surface area contributed by atoms with Crippen molar-refractivity contribution in [3.63, 3.8) is 0 Å². The molecule has 0 spiro atoms. The molecule has 1 rings (SSSR count). The van der Waals surface area contributed by atoms with Crippen LogP contribution in [0, 0.1) is 0 Å². The lowest BCUT2D eigenvalue weighted by atomic mass is 10.0. The summed E-state index contributed by atoms with van der Waals surface area (Å²) in [6, 6.07) is 2.02. The van der Waals surface area contributed by atoms with Crippen LogP contribution >= 0.6 is 11.8 Å². The van der Waals surface area contributed by atoms with E-state index < -0.39 is 0 Å². The van der Waals surface area contributed by atoms with Crippen LogP contribution in [0.4, 0.5) is 0 Å². The summed E-state index contributed by atoms with van der Waals surface area (Å²) in [5, 5.41) is 0.966. The molecule has 0 saturated heterocycles. The van der Waals surface area contributed by atoms with Gasteiger partial charge in [0.1, 0.15) is 5.03 Å². The van der Waals surface area contributed by atoms with Crippen LogP contribution in [-0.4, -0.2) is 18.3 Å². The predicted molar refractivity (Wildman–Crippen MR) is 56.7 cm³/mol. The van der Waals surface area contributed by atoms with Crippen molar-refractivity contribution in [3.8, 4) is 5.75 Å². The quantitative estimate of drug-likeness (QED) is 0.695. The molecule has 0 atom stereocenters. The van der Waals surface area contributed by atoms with Gasteiger partial charge >= 0.3 is 0 Å². The standard InChI is InChI=1S/C10H15NOS/c1-7(2)8-5-6-11-10(13-4)9(8)12-3/h5-7H,1-4H3. The minimum Gasteiger partial charge on any atom is -0.494 e. The van der Waals surface area contributed by atoms with Gasteiger partial charge in [0.25, 0.3) is 0 Å². The monoisotopic (exact) mass is 197 g/mol. The normalized spacial score (nSPS) is 10.5. The Balaban J connectivity index is 3.19. The molecule has 72 valence electrons. The van der Waals surface area contributed by atoms with Gasteiger partial charge in [-0.2, -0.15) is 0 Å². The highest BCUT2D eigenvalue weighted by Gasteiger charge is 2.11. The first-order valence-corrected chi connectivity index (χ1v) is 5.50. The van der Waals surface area contributed by atoms with E-state index in [0.717, 1.165) is 10.8 Å². The first-order chi connectivity index (χ1) is 6.20. The van der Waals surface area contributed by atoms with Crippen molar-refractivity contribution in [1.82, 2.24) is 4.98 Å². The molecule has 0 aliphatic heterocycles. The van der Waals surface area contributed by atoms with Crippen molar-refractivity contribution in [2.75, 3.05) is 13.4 Å². The molecule has 0 aromatic carbocycles. The van der Waals surface area contributed by atoms with E-state index >= 15 is 0 Å². The molecule has 1 heterocycles. The summed E-state index contributed by atoms with van der Waals surface area (Å²) in [6.07, 6.45) is 3.85. The van der Waals surface area contributed by atoms with Crippen LogP contribution < -0.4 is 4.74 Å². The number of hydrogen-bond donors (Lipinski definition) is 0. The second-order valence-corrected chi connectivity index (χ2v) is 3.89. The molecule has 0 unspecified atom stereocenters. The molecule has 1 aromatic rings. The van der Waals surface area contributed by atoms with Crippen molar-refractivity contribution in [2.45, 2.75) is 24.8 Å². The molecule has 1 aromatic heterocycles. The minimum atomic E-state index is 0.476. The fourth-order valence-corrected chi connectivity index (χ4v) is 1.80. The molecule has 2 nitrogen and oxygen atoms in total. The zero-order valence-corrected chi connectivity index (χ0v) is 9.31. The third kappa shape index (κ3) is 2.15. The molecule has 0 radical (unpaired) electrons. The highest BCUT2D eigenvalue weighted by atomic mass is 32.2. The third-order valence-corrected chi connectivity index (χ3v) is 2.60. The average Bonchev–Trinajstić information content (AvgIpc) is 2.16. The van der Waals surface area contributed by atoms with Gasteiger partial charge in [0.15, 0.2) is 5.75 Å². The summed E-state index contributed by atoms with van der Waals surface area (Å²) in [7, 11) is 1.70. The maximum absolute atomic E-state index is 5.35. The van der Waals surface area contributed by atoms with Crippen LogP contribution in [0.2, 0.25) is 0 Å². The van der Waals surface area contributed by atoms with Gasteiger partial charge in [-0.3, -0.25) is 0 Å². The Morgan fingerprint density at radius 1 is 1.46 bits per heavy atom. The van der Waals surface area contributed by atoms with Gasteiger partial charge in [0.05, 0.1) is 7.11 Å². The largest absolute Gasteiger partial charge is 0.494 e. The second-order valence-electron chi connectivity index (χ2n) is 3.10. The van der Waals surface area contributed by atoms with Crippen molar-refractivity contribution >= 4 is 11.8 Å². The molecule has 3 heteroatoms. The van der Waals surface area contributed by atoms with Crippen molar-refractivity contribution < 1.29 is 4.74 Å². The SMILES string of the molecule is COc1c(C(C)C)ccnc1SC. The molecule has 0 N–H and O–H groups in total. The number of rotatable bonds is 3. The molecule has 0 bridgehead atoms. The minimum absolute atomic E-state index is 0.476. The van der Waals surface area contributed by atoms with Gasteiger partial charge in [-0.05, 0) is 18.2 Å². The average molecular weight is 197 g/mol. The zero-order chi connectivity index (χ0) is 9.84. The first kappa shape index (κ1) is 10.4. The maximum atomic E-state index is 5.35. The van der Waals surface area contributed by atoms with E-state index in [2.05, 4.69) is 18.8 Å². The molecule has 13 heavy (non-hydrogen) atoms. The molecular formula is C10H15NOS. The summed E-state index contributed by atoms with van der Waals surface area (Å²) < 4.78 is 5.35. The zero-order valence-electron chi connectivity index (χ0n) is 8.50. The molecule has 0 fully saturated rings. The summed E-state index contributed by atoms with van der Waals surface area (Å²) >= 11 is 1.62. The highest BCUT2D eigenvalue weighted by Crippen LogP contribution is 2.32. The van der Waals surface area contributed by atoms with Crippen molar-refractivity contribution in [2.24, 2.45) is 0 Å². The van der Waals surface area contributed by atoms with Gasteiger partial charge in [0, 0.05) is 11.8 Å². The van der Waals surface area contributed by atoms with Crippen LogP contribution in [0.5, 0.6) is 5.75 Å². The van der Waals surface area contributed by atoms with E-state index in [9.17, 15) is 0 Å². The molecule has 0 aliphatic rings. The predicted octanol–water partition coefficient (Wildman–Crippen LogP) is 2.94. The van der Waals surface area contributed by atoms with Crippen LogP contribution in [0.1, 0.15) is 25.3 Å². The summed E-state index contributed by atoms with van der Waals surface area (Å²) in [4.78, 5) is 4.25. The Kier molecular flexibility index (Phi) is 3.60. The lowest BCUT2D eigenvalue weighted by Gasteiger charge is -2.13. The summed E-state index contributed by atoms with van der Waals surface area (Å²) in [6.45, 7) is 4.31. The highest BCUT2D eigenvalue weighted by molar-refractivity contribution is 7.98. The van der Waals surface area contributed by atoms with E-state index in [0.29, 0.717) is 5.92 Å². The van der Waals surface area contributed by atoms with Gasteiger partial charge < -0.3 is 4.74 Å². The second kappa shape index (κ2) is 4.51. The number of methoxy groups -OCH3 is 1. The molecule has 0 amide bonds. The number of aromatic nitrogens is 1. The summed E-state index contributed by atoms with van der Waals surface area (Å²) in [5.74, 6) is 1.40. The van der Waals surface area contributed by atoms with Crippen molar-refractivity contribution in [1.29, 1.82) is 0 Å². The van der Waals surface area contributed by atoms with Crippen LogP contribution in [0.15, 0.2) is 17.3 Å². The lowest BCUT2D eigenvalue weighted by molar-refractivity contribution is 0.393. The third-order valence-electron chi connectivity index (χ3n) is 1.92. The van der Waals surface area contributed by atoms with E-state index in [1.807, 2.05) is 18.5 Å². The van der Waals surface area contributed by atoms with Crippen LogP contribution in [-0.2, 0) is 0 Å². The fraction of sp³-hybridized carbons (Fsp3) is 0.500. The Labute approximate surface area is 83.7 Å². The van der Waals surface area contributed by atoms with Crippen molar-refractivity contribution in [3.05, 3.63) is 17.8 Å². The number of hydrogen-bond acceptors (Lipinski definition) is 3. The molecule has 0 aliphatic carbocycles. The van der Waals surface area contributed by atoms with Crippen LogP contribution in [0.25, 0.3) is 0 Å². The van der Waals surface area contributed by atoms with Gasteiger partial charge in [-0.15, -0.1) is 11.8 Å². The Morgan fingerprint density at radius 3 is 2.62 bits per heavy atom. The van der Waals surface area contributed by atoms with Crippen LogP contribution in [0.3, 0.4) is 0 Å².